The Morgan fingerprint density at radius 3 is 2.95 bits per heavy atom. The molecule has 0 aliphatic heterocycles. The summed E-state index contributed by atoms with van der Waals surface area (Å²) in [6.45, 7) is 4.44. The maximum Gasteiger partial charge on any atom is 0.237 e. The van der Waals surface area contributed by atoms with Crippen molar-refractivity contribution in [3.05, 3.63) is 29.0 Å². The maximum atomic E-state index is 13.7. The number of hydrogen-bond acceptors (Lipinski definition) is 6. The van der Waals surface area contributed by atoms with Crippen LogP contribution in [0.25, 0.3) is 0 Å². The van der Waals surface area contributed by atoms with E-state index < -0.39 is 11.1 Å². The van der Waals surface area contributed by atoms with E-state index in [0.717, 1.165) is 12.6 Å². The Labute approximate surface area is 140 Å². The molecule has 0 aliphatic carbocycles. The highest BCUT2D eigenvalue weighted by atomic mass is 35.5. The first-order chi connectivity index (χ1) is 10.5. The third kappa shape index (κ3) is 4.56. The molecule has 0 saturated carbocycles. The number of anilines is 2. The van der Waals surface area contributed by atoms with Crippen molar-refractivity contribution in [2.24, 2.45) is 0 Å². The van der Waals surface area contributed by atoms with Crippen molar-refractivity contribution in [2.75, 3.05) is 17.2 Å². The summed E-state index contributed by atoms with van der Waals surface area (Å²) in [5.41, 5.74) is 0.104. The van der Waals surface area contributed by atoms with Gasteiger partial charge in [-0.15, -0.1) is 10.2 Å². The molecule has 5 nitrogen and oxygen atoms in total. The first-order valence-electron chi connectivity index (χ1n) is 6.49. The van der Waals surface area contributed by atoms with Gasteiger partial charge in [-0.05, 0) is 32.0 Å². The molecule has 0 saturated heterocycles. The van der Waals surface area contributed by atoms with E-state index >= 15 is 0 Å². The monoisotopic (exact) mass is 360 g/mol. The van der Waals surface area contributed by atoms with Gasteiger partial charge in [0.1, 0.15) is 5.82 Å². The van der Waals surface area contributed by atoms with Gasteiger partial charge in [0.05, 0.1) is 10.9 Å². The molecule has 1 atom stereocenters. The van der Waals surface area contributed by atoms with Crippen molar-refractivity contribution in [1.29, 1.82) is 0 Å². The molecular formula is C13H14ClFN4OS2. The number of aromatic nitrogens is 2. The lowest BCUT2D eigenvalue weighted by Gasteiger charge is -2.11. The van der Waals surface area contributed by atoms with E-state index in [4.69, 9.17) is 11.6 Å². The van der Waals surface area contributed by atoms with Crippen LogP contribution in [0.2, 0.25) is 5.02 Å². The van der Waals surface area contributed by atoms with Crippen molar-refractivity contribution in [2.45, 2.75) is 23.4 Å². The second-order valence-corrected chi connectivity index (χ2v) is 7.28. The van der Waals surface area contributed by atoms with Gasteiger partial charge in [-0.1, -0.05) is 34.7 Å². The Morgan fingerprint density at radius 1 is 1.50 bits per heavy atom. The van der Waals surface area contributed by atoms with Gasteiger partial charge in [0.15, 0.2) is 4.34 Å². The second kappa shape index (κ2) is 7.75. The van der Waals surface area contributed by atoms with Gasteiger partial charge in [-0.2, -0.15) is 0 Å². The van der Waals surface area contributed by atoms with Crippen LogP contribution in [-0.4, -0.2) is 27.9 Å². The minimum absolute atomic E-state index is 0.104. The van der Waals surface area contributed by atoms with Crippen LogP contribution < -0.4 is 10.6 Å². The summed E-state index contributed by atoms with van der Waals surface area (Å²) in [5.74, 6) is -0.880. The van der Waals surface area contributed by atoms with E-state index in [1.165, 1.54) is 35.2 Å². The number of carbonyl (C=O) groups is 1. The minimum atomic E-state index is -0.566. The van der Waals surface area contributed by atoms with Gasteiger partial charge in [0.2, 0.25) is 11.0 Å². The summed E-state index contributed by atoms with van der Waals surface area (Å²) in [7, 11) is 0. The lowest BCUT2D eigenvalue weighted by Crippen LogP contribution is -2.22. The van der Waals surface area contributed by atoms with Crippen LogP contribution in [-0.2, 0) is 4.79 Å². The number of benzene rings is 1. The molecule has 1 amide bonds. The number of rotatable bonds is 6. The number of halogens is 2. The number of carbonyl (C=O) groups excluding carboxylic acids is 1. The molecule has 118 valence electrons. The van der Waals surface area contributed by atoms with E-state index in [1.54, 1.807) is 6.92 Å². The van der Waals surface area contributed by atoms with E-state index in [-0.39, 0.29) is 16.6 Å². The molecule has 2 aromatic rings. The molecule has 0 spiro atoms. The van der Waals surface area contributed by atoms with E-state index in [9.17, 15) is 9.18 Å². The number of hydrogen-bond donors (Lipinski definition) is 2. The summed E-state index contributed by atoms with van der Waals surface area (Å²) in [6, 6.07) is 4.11. The molecule has 2 rings (SSSR count). The molecule has 0 unspecified atom stereocenters. The summed E-state index contributed by atoms with van der Waals surface area (Å²) in [6.07, 6.45) is 0. The highest BCUT2D eigenvalue weighted by molar-refractivity contribution is 8.02. The molecule has 0 bridgehead atoms. The molecule has 22 heavy (non-hydrogen) atoms. The van der Waals surface area contributed by atoms with E-state index in [0.29, 0.717) is 9.47 Å². The van der Waals surface area contributed by atoms with Crippen LogP contribution >= 0.6 is 34.7 Å². The lowest BCUT2D eigenvalue weighted by molar-refractivity contribution is -0.115. The standard InChI is InChI=1S/C13H14ClFN4OS2/c1-3-16-12-18-19-13(22-12)21-7(2)11(20)17-10-5-4-8(14)6-9(10)15/h4-7H,3H2,1-2H3,(H,16,18)(H,17,20)/t7-/m1/s1. The zero-order valence-corrected chi connectivity index (χ0v) is 14.3. The molecular weight excluding hydrogens is 347 g/mol. The number of amides is 1. The van der Waals surface area contributed by atoms with Crippen LogP contribution in [0.3, 0.4) is 0 Å². The molecule has 9 heteroatoms. The molecule has 2 N–H and O–H groups in total. The third-order valence-electron chi connectivity index (χ3n) is 2.57. The van der Waals surface area contributed by atoms with E-state index in [1.807, 2.05) is 6.92 Å². The molecule has 0 aliphatic rings. The fourth-order valence-corrected chi connectivity index (χ4v) is 3.63. The van der Waals surface area contributed by atoms with Gasteiger partial charge in [0.25, 0.3) is 0 Å². The van der Waals surface area contributed by atoms with Crippen LogP contribution in [0.1, 0.15) is 13.8 Å². The van der Waals surface area contributed by atoms with Gasteiger partial charge in [-0.3, -0.25) is 4.79 Å². The zero-order valence-electron chi connectivity index (χ0n) is 11.9. The minimum Gasteiger partial charge on any atom is -0.360 e. The third-order valence-corrected chi connectivity index (χ3v) is 4.87. The fraction of sp³-hybridized carbons (Fsp3) is 0.308. The van der Waals surface area contributed by atoms with Crippen molar-refractivity contribution in [3.8, 4) is 0 Å². The number of thioether (sulfide) groups is 1. The second-order valence-electron chi connectivity index (χ2n) is 4.28. The normalized spacial score (nSPS) is 12.0. The summed E-state index contributed by atoms with van der Waals surface area (Å²) < 4.78 is 14.3. The molecule has 1 aromatic carbocycles. The smallest absolute Gasteiger partial charge is 0.237 e. The van der Waals surface area contributed by atoms with Crippen LogP contribution in [0.5, 0.6) is 0 Å². The molecule has 1 aromatic heterocycles. The molecule has 0 fully saturated rings. The van der Waals surface area contributed by atoms with Gasteiger partial charge in [0, 0.05) is 11.6 Å². The van der Waals surface area contributed by atoms with Gasteiger partial charge in [-0.25, -0.2) is 4.39 Å². The topological polar surface area (TPSA) is 66.9 Å². The van der Waals surface area contributed by atoms with Crippen molar-refractivity contribution >= 4 is 51.4 Å². The predicted molar refractivity (Wildman–Crippen MR) is 89.4 cm³/mol. The quantitative estimate of drug-likeness (QED) is 0.765. The predicted octanol–water partition coefficient (Wildman–Crippen LogP) is 3.88. The Balaban J connectivity index is 1.96. The Kier molecular flexibility index (Phi) is 5.98. The van der Waals surface area contributed by atoms with Crippen LogP contribution in [0, 0.1) is 5.82 Å². The Bertz CT molecular complexity index is 667. The average molecular weight is 361 g/mol. The largest absolute Gasteiger partial charge is 0.360 e. The highest BCUT2D eigenvalue weighted by Gasteiger charge is 2.18. The summed E-state index contributed by atoms with van der Waals surface area (Å²) in [5, 5.41) is 14.1. The molecule has 0 radical (unpaired) electrons. The lowest BCUT2D eigenvalue weighted by atomic mass is 10.3. The number of nitrogens with zero attached hydrogens (tertiary/aromatic N) is 2. The highest BCUT2D eigenvalue weighted by Crippen LogP contribution is 2.29. The summed E-state index contributed by atoms with van der Waals surface area (Å²) >= 11 is 8.32. The van der Waals surface area contributed by atoms with Crippen LogP contribution in [0.15, 0.2) is 22.5 Å². The average Bonchev–Trinajstić information content (AvgIpc) is 2.89. The van der Waals surface area contributed by atoms with Crippen molar-refractivity contribution in [1.82, 2.24) is 10.2 Å². The van der Waals surface area contributed by atoms with Crippen molar-refractivity contribution < 1.29 is 9.18 Å². The first kappa shape index (κ1) is 17.0. The zero-order chi connectivity index (χ0) is 16.1. The summed E-state index contributed by atoms with van der Waals surface area (Å²) in [4.78, 5) is 12.1. The van der Waals surface area contributed by atoms with Gasteiger partial charge < -0.3 is 10.6 Å². The maximum absolute atomic E-state index is 13.7. The number of nitrogens with one attached hydrogen (secondary N) is 2. The molecule has 1 heterocycles. The first-order valence-corrected chi connectivity index (χ1v) is 8.57. The van der Waals surface area contributed by atoms with Crippen LogP contribution in [0.4, 0.5) is 15.2 Å². The van der Waals surface area contributed by atoms with Gasteiger partial charge >= 0.3 is 0 Å². The fourth-order valence-electron chi connectivity index (χ4n) is 1.51. The van der Waals surface area contributed by atoms with E-state index in [2.05, 4.69) is 20.8 Å². The Hall–Kier alpha value is -1.38. The van der Waals surface area contributed by atoms with Crippen molar-refractivity contribution in [3.63, 3.8) is 0 Å². The SMILES string of the molecule is CCNc1nnc(S[C@H](C)C(=O)Nc2ccc(Cl)cc2F)s1. The Morgan fingerprint density at radius 2 is 2.27 bits per heavy atom.